The molecule has 2 radical (unpaired) electrons. The van der Waals surface area contributed by atoms with Crippen LogP contribution in [0.5, 0.6) is 0 Å². The van der Waals surface area contributed by atoms with Gasteiger partial charge < -0.3 is 16.4 Å². The van der Waals surface area contributed by atoms with Crippen LogP contribution < -0.4 is 0 Å². The van der Waals surface area contributed by atoms with E-state index in [1.807, 2.05) is 0 Å². The van der Waals surface area contributed by atoms with Crippen LogP contribution in [-0.4, -0.2) is 16.4 Å². The Morgan fingerprint density at radius 2 is 0.600 bits per heavy atom. The molecule has 0 aliphatic heterocycles. The molecule has 6 N–H and O–H groups in total. The van der Waals surface area contributed by atoms with Gasteiger partial charge in [-0.05, 0) is 0 Å². The minimum atomic E-state index is 0. The Morgan fingerprint density at radius 1 is 0.600 bits per heavy atom. The Kier molecular flexibility index (Phi) is 754. The molecular weight excluding hydrogens is 242 g/mol. The summed E-state index contributed by atoms with van der Waals surface area (Å²) >= 11 is 0. The molecule has 5 heavy (non-hydrogen) atoms. The zero-order valence-corrected chi connectivity index (χ0v) is 7.26. The Bertz CT molecular complexity index is 6.85. The monoisotopic (exact) mass is 248 g/mol. The summed E-state index contributed by atoms with van der Waals surface area (Å²) in [5, 5.41) is 0. The van der Waals surface area contributed by atoms with Gasteiger partial charge in [-0.15, -0.1) is 0 Å². The van der Waals surface area contributed by atoms with Gasteiger partial charge in [0, 0.05) is 52.7 Å². The molecule has 0 rings (SSSR count). The van der Waals surface area contributed by atoms with Crippen molar-refractivity contribution in [2.75, 3.05) is 0 Å². The van der Waals surface area contributed by atoms with Crippen molar-refractivity contribution in [3.63, 3.8) is 0 Å². The Morgan fingerprint density at radius 3 is 0.600 bits per heavy atom. The first-order valence-electron chi connectivity index (χ1n) is 0. The third-order valence-electron chi connectivity index (χ3n) is 0. The minimum absolute atomic E-state index is 0. The van der Waals surface area contributed by atoms with Crippen molar-refractivity contribution in [1.82, 2.24) is 0 Å². The largest absolute Gasteiger partial charge is 0.412 e. The van der Waals surface area contributed by atoms with E-state index >= 15 is 0 Å². The van der Waals surface area contributed by atoms with Crippen molar-refractivity contribution >= 4 is 0 Å². The van der Waals surface area contributed by atoms with Crippen LogP contribution in [0.1, 0.15) is 0 Å². The van der Waals surface area contributed by atoms with Crippen molar-refractivity contribution < 1.29 is 69.1 Å². The van der Waals surface area contributed by atoms with Gasteiger partial charge in [0.25, 0.3) is 0 Å². The second-order valence-electron chi connectivity index (χ2n) is 0. The maximum absolute atomic E-state index is 0. The van der Waals surface area contributed by atoms with Crippen LogP contribution >= 0.6 is 0 Å². The summed E-state index contributed by atoms with van der Waals surface area (Å²) in [4.78, 5) is 0. The molecule has 0 saturated carbocycles. The van der Waals surface area contributed by atoms with Gasteiger partial charge >= 0.3 is 0 Å². The maximum Gasteiger partial charge on any atom is 0 e. The van der Waals surface area contributed by atoms with Gasteiger partial charge in [0.05, 0.1) is 0 Å². The van der Waals surface area contributed by atoms with Gasteiger partial charge in [0.1, 0.15) is 0 Å². The summed E-state index contributed by atoms with van der Waals surface area (Å²) in [5.41, 5.74) is 0. The summed E-state index contributed by atoms with van der Waals surface area (Å²) in [5.74, 6) is 0. The van der Waals surface area contributed by atoms with E-state index in [0.717, 1.165) is 0 Å². The van der Waals surface area contributed by atoms with Crippen LogP contribution in [0.2, 0.25) is 0 Å². The van der Waals surface area contributed by atoms with Gasteiger partial charge in [0.2, 0.25) is 0 Å². The molecule has 0 fully saturated rings. The maximum atomic E-state index is 0. The second-order valence-corrected chi connectivity index (χ2v) is 0. The van der Waals surface area contributed by atoms with E-state index < -0.39 is 0 Å². The fourth-order valence-electron chi connectivity index (χ4n) is 0. The Labute approximate surface area is 68.5 Å². The van der Waals surface area contributed by atoms with E-state index in [9.17, 15) is 0 Å². The molecule has 0 bridgehead atoms. The van der Waals surface area contributed by atoms with Crippen LogP contribution in [0.15, 0.2) is 0 Å². The SMILES string of the molecule is O.O.O.[La].[Mn]. The summed E-state index contributed by atoms with van der Waals surface area (Å²) < 4.78 is 0. The minimum Gasteiger partial charge on any atom is -0.412 e. The molecule has 0 aliphatic rings. The standard InChI is InChI=1S/La.Mn.3H2O/h;;3*1H2. The zero-order chi connectivity index (χ0) is 0. The molecule has 0 unspecified atom stereocenters. The van der Waals surface area contributed by atoms with E-state index in [1.165, 1.54) is 0 Å². The molecule has 0 aromatic carbocycles. The number of hydrogen-bond acceptors (Lipinski definition) is 0. The third kappa shape index (κ3) is 28.4. The molecular formula is H6LaMnO3. The quantitative estimate of drug-likeness (QED) is 0.424. The molecule has 0 atom stereocenters. The molecule has 0 heterocycles. The third-order valence-corrected chi connectivity index (χ3v) is 0. The first-order valence-corrected chi connectivity index (χ1v) is 0. The van der Waals surface area contributed by atoms with E-state index in [0.29, 0.717) is 0 Å². The van der Waals surface area contributed by atoms with E-state index in [-0.39, 0.29) is 69.1 Å². The topological polar surface area (TPSA) is 94.5 Å². The molecule has 3 nitrogen and oxygen atoms in total. The second kappa shape index (κ2) is 46.5. The Balaban J connectivity index is 0. The van der Waals surface area contributed by atoms with Gasteiger partial charge in [-0.25, -0.2) is 0 Å². The van der Waals surface area contributed by atoms with Crippen LogP contribution in [0.25, 0.3) is 0 Å². The van der Waals surface area contributed by atoms with Crippen LogP contribution in [0, 0.1) is 35.6 Å². The van der Waals surface area contributed by atoms with Crippen molar-refractivity contribution in [1.29, 1.82) is 0 Å². The molecule has 0 amide bonds. The fourth-order valence-corrected chi connectivity index (χ4v) is 0. The van der Waals surface area contributed by atoms with Crippen LogP contribution in [0.3, 0.4) is 0 Å². The average Bonchev–Trinajstić information content (AvgIpc) is 0. The van der Waals surface area contributed by atoms with Crippen molar-refractivity contribution in [3.05, 3.63) is 0 Å². The first kappa shape index (κ1) is 81.2. The van der Waals surface area contributed by atoms with Crippen molar-refractivity contribution in [2.45, 2.75) is 0 Å². The fraction of sp³-hybridized carbons (Fsp3) is 0. The van der Waals surface area contributed by atoms with Crippen LogP contribution in [0.4, 0.5) is 0 Å². The summed E-state index contributed by atoms with van der Waals surface area (Å²) in [6.07, 6.45) is 0. The van der Waals surface area contributed by atoms with Gasteiger partial charge in [0.15, 0.2) is 0 Å². The summed E-state index contributed by atoms with van der Waals surface area (Å²) in [6.45, 7) is 0. The molecule has 0 saturated heterocycles. The smallest absolute Gasteiger partial charge is 0 e. The average molecular weight is 248 g/mol. The zero-order valence-electron chi connectivity index (χ0n) is 2.46. The molecule has 0 aliphatic carbocycles. The molecule has 0 spiro atoms. The number of rotatable bonds is 0. The van der Waals surface area contributed by atoms with Gasteiger partial charge in [-0.3, -0.25) is 0 Å². The molecule has 0 aromatic rings. The van der Waals surface area contributed by atoms with Crippen molar-refractivity contribution in [3.8, 4) is 0 Å². The van der Waals surface area contributed by atoms with Gasteiger partial charge in [-0.2, -0.15) is 0 Å². The predicted molar refractivity (Wildman–Crippen MR) is 10.8 cm³/mol. The first-order chi connectivity index (χ1) is 0. The van der Waals surface area contributed by atoms with Gasteiger partial charge in [-0.1, -0.05) is 0 Å². The van der Waals surface area contributed by atoms with Crippen molar-refractivity contribution in [2.24, 2.45) is 0 Å². The predicted octanol–water partition coefficient (Wildman–Crippen LogP) is -2.48. The van der Waals surface area contributed by atoms with E-state index in [4.69, 9.17) is 0 Å². The molecule has 5 heteroatoms. The van der Waals surface area contributed by atoms with E-state index in [1.54, 1.807) is 0 Å². The van der Waals surface area contributed by atoms with Crippen LogP contribution in [-0.2, 0) is 17.1 Å². The summed E-state index contributed by atoms with van der Waals surface area (Å²) in [7, 11) is 0. The number of hydrogen-bond donors (Lipinski definition) is 0. The Hall–Kier alpha value is 1.59. The molecule has 0 aromatic heterocycles. The normalized spacial score (nSPS) is 0. The van der Waals surface area contributed by atoms with E-state index in [2.05, 4.69) is 0 Å². The molecule has 34 valence electrons. The summed E-state index contributed by atoms with van der Waals surface area (Å²) in [6, 6.07) is 0.